The van der Waals surface area contributed by atoms with Crippen LogP contribution in [0.1, 0.15) is 5.56 Å². The molecule has 2 N–H and O–H groups in total. The maximum absolute atomic E-state index is 9.19. The number of ether oxygens (including phenoxy) is 1. The van der Waals surface area contributed by atoms with Gasteiger partial charge in [0.2, 0.25) is 0 Å². The summed E-state index contributed by atoms with van der Waals surface area (Å²) in [4.78, 5) is 0. The Hall–Kier alpha value is -1.64. The molecule has 0 unspecified atom stereocenters. The summed E-state index contributed by atoms with van der Waals surface area (Å²) in [5, 5.41) is 17.7. The number of hydrogen-bond acceptors (Lipinski definition) is 3. The molecule has 0 aliphatic heterocycles. The molecule has 0 heterocycles. The summed E-state index contributed by atoms with van der Waals surface area (Å²) in [6.45, 7) is 0. The van der Waals surface area contributed by atoms with Gasteiger partial charge in [0.05, 0.1) is 13.4 Å². The van der Waals surface area contributed by atoms with Crippen LogP contribution in [-0.2, 0) is 0 Å². The van der Waals surface area contributed by atoms with Crippen molar-refractivity contribution in [3.05, 3.63) is 30.0 Å². The van der Waals surface area contributed by atoms with Crippen LogP contribution >= 0.6 is 0 Å². The lowest BCUT2D eigenvalue weighted by molar-refractivity contribution is 0.373. The minimum absolute atomic E-state index is 0.0904. The smallest absolute Gasteiger partial charge is 0.161 e. The van der Waals surface area contributed by atoms with Crippen LogP contribution in [0.25, 0.3) is 6.08 Å². The summed E-state index contributed by atoms with van der Waals surface area (Å²) >= 11 is 0. The van der Waals surface area contributed by atoms with Crippen LogP contribution in [0.3, 0.4) is 0 Å². The normalized spacial score (nSPS) is 10.4. The third-order valence-electron chi connectivity index (χ3n) is 1.47. The lowest BCUT2D eigenvalue weighted by Crippen LogP contribution is -1.83. The quantitative estimate of drug-likeness (QED) is 0.660. The highest BCUT2D eigenvalue weighted by atomic mass is 16.5. The Bertz CT molecular complexity index is 292. The zero-order chi connectivity index (χ0) is 8.97. The van der Waals surface area contributed by atoms with Crippen LogP contribution in [0.4, 0.5) is 0 Å². The Labute approximate surface area is 70.5 Å². The molecule has 0 bridgehead atoms. The Balaban J connectivity index is 3.05. The van der Waals surface area contributed by atoms with Crippen LogP contribution in [0.15, 0.2) is 24.5 Å². The monoisotopic (exact) mass is 166 g/mol. The second kappa shape index (κ2) is 3.67. The fourth-order valence-corrected chi connectivity index (χ4v) is 0.884. The van der Waals surface area contributed by atoms with Crippen LogP contribution < -0.4 is 4.74 Å². The Morgan fingerprint density at radius 1 is 1.42 bits per heavy atom. The number of methoxy groups -OCH3 is 1. The van der Waals surface area contributed by atoms with Gasteiger partial charge in [0.15, 0.2) is 11.5 Å². The van der Waals surface area contributed by atoms with Gasteiger partial charge in [0.25, 0.3) is 0 Å². The molecule has 0 atom stereocenters. The van der Waals surface area contributed by atoms with Crippen LogP contribution in [0.2, 0.25) is 0 Å². The van der Waals surface area contributed by atoms with E-state index in [2.05, 4.69) is 0 Å². The topological polar surface area (TPSA) is 49.7 Å². The fraction of sp³-hybridized carbons (Fsp3) is 0.111. The highest BCUT2D eigenvalue weighted by molar-refractivity contribution is 5.54. The molecule has 0 fully saturated rings. The van der Waals surface area contributed by atoms with E-state index in [9.17, 15) is 5.11 Å². The zero-order valence-electron chi connectivity index (χ0n) is 6.69. The van der Waals surface area contributed by atoms with E-state index in [4.69, 9.17) is 9.84 Å². The van der Waals surface area contributed by atoms with Crippen molar-refractivity contribution >= 4 is 6.08 Å². The molecule has 0 aliphatic rings. The van der Waals surface area contributed by atoms with Crippen molar-refractivity contribution in [1.29, 1.82) is 0 Å². The SMILES string of the molecule is COc1cc(C=CO)ccc1O. The lowest BCUT2D eigenvalue weighted by Gasteiger charge is -2.02. The van der Waals surface area contributed by atoms with Gasteiger partial charge in [-0.3, -0.25) is 0 Å². The van der Waals surface area contributed by atoms with Gasteiger partial charge in [-0.05, 0) is 23.8 Å². The molecule has 0 saturated carbocycles. The standard InChI is InChI=1S/C9H10O3/c1-12-9-6-7(4-5-10)2-3-8(9)11/h2-6,10-11H,1H3. The molecule has 64 valence electrons. The second-order valence-electron chi connectivity index (χ2n) is 2.25. The van der Waals surface area contributed by atoms with Crippen molar-refractivity contribution in [3.63, 3.8) is 0 Å². The number of aliphatic hydroxyl groups is 1. The summed E-state index contributed by atoms with van der Waals surface area (Å²) < 4.78 is 4.87. The average molecular weight is 166 g/mol. The van der Waals surface area contributed by atoms with Gasteiger partial charge in [-0.25, -0.2) is 0 Å². The van der Waals surface area contributed by atoms with Gasteiger partial charge in [0, 0.05) is 0 Å². The lowest BCUT2D eigenvalue weighted by atomic mass is 10.2. The molecule has 0 amide bonds. The molecule has 3 heteroatoms. The maximum atomic E-state index is 9.19. The Morgan fingerprint density at radius 2 is 2.17 bits per heavy atom. The van der Waals surface area contributed by atoms with Gasteiger partial charge in [0.1, 0.15) is 0 Å². The number of phenolic OH excluding ortho intramolecular Hbond substituents is 1. The summed E-state index contributed by atoms with van der Waals surface area (Å²) in [6, 6.07) is 4.81. The average Bonchev–Trinajstić information content (AvgIpc) is 2.09. The Morgan fingerprint density at radius 3 is 2.75 bits per heavy atom. The number of aliphatic hydroxyl groups excluding tert-OH is 1. The minimum atomic E-state index is 0.0904. The number of hydrogen-bond donors (Lipinski definition) is 2. The van der Waals surface area contributed by atoms with E-state index in [1.807, 2.05) is 0 Å². The molecular formula is C9H10O3. The van der Waals surface area contributed by atoms with E-state index < -0.39 is 0 Å². The summed E-state index contributed by atoms with van der Waals surface area (Å²) in [5.74, 6) is 0.484. The van der Waals surface area contributed by atoms with E-state index in [-0.39, 0.29) is 5.75 Å². The highest BCUT2D eigenvalue weighted by Gasteiger charge is 1.99. The largest absolute Gasteiger partial charge is 0.516 e. The predicted octanol–water partition coefficient (Wildman–Crippen LogP) is 1.93. The van der Waals surface area contributed by atoms with E-state index in [0.29, 0.717) is 5.75 Å². The summed E-state index contributed by atoms with van der Waals surface area (Å²) in [7, 11) is 1.47. The van der Waals surface area contributed by atoms with Gasteiger partial charge in [-0.2, -0.15) is 0 Å². The first-order valence-corrected chi connectivity index (χ1v) is 3.45. The molecule has 3 nitrogen and oxygen atoms in total. The van der Waals surface area contributed by atoms with Crippen molar-refractivity contribution in [3.8, 4) is 11.5 Å². The zero-order valence-corrected chi connectivity index (χ0v) is 6.69. The van der Waals surface area contributed by atoms with Crippen LogP contribution in [-0.4, -0.2) is 17.3 Å². The molecule has 1 rings (SSSR count). The first-order chi connectivity index (χ1) is 5.77. The van der Waals surface area contributed by atoms with Crippen molar-refractivity contribution in [2.24, 2.45) is 0 Å². The molecule has 1 aromatic rings. The van der Waals surface area contributed by atoms with Crippen molar-refractivity contribution in [2.75, 3.05) is 7.11 Å². The van der Waals surface area contributed by atoms with Gasteiger partial charge in [-0.1, -0.05) is 6.07 Å². The first kappa shape index (κ1) is 8.46. The Kier molecular flexibility index (Phi) is 2.58. The number of phenols is 1. The van der Waals surface area contributed by atoms with Crippen molar-refractivity contribution in [1.82, 2.24) is 0 Å². The van der Waals surface area contributed by atoms with Gasteiger partial charge >= 0.3 is 0 Å². The molecule has 1 aromatic carbocycles. The summed E-state index contributed by atoms with van der Waals surface area (Å²) in [5.41, 5.74) is 0.771. The molecule has 0 aliphatic carbocycles. The summed E-state index contributed by atoms with van der Waals surface area (Å²) in [6.07, 6.45) is 2.44. The predicted molar refractivity (Wildman–Crippen MR) is 46.3 cm³/mol. The van der Waals surface area contributed by atoms with E-state index >= 15 is 0 Å². The third kappa shape index (κ3) is 1.69. The van der Waals surface area contributed by atoms with Crippen LogP contribution in [0.5, 0.6) is 11.5 Å². The highest BCUT2D eigenvalue weighted by Crippen LogP contribution is 2.26. The molecule has 0 radical (unpaired) electrons. The van der Waals surface area contributed by atoms with Gasteiger partial charge in [-0.15, -0.1) is 0 Å². The maximum Gasteiger partial charge on any atom is 0.161 e. The molecule has 0 saturated heterocycles. The first-order valence-electron chi connectivity index (χ1n) is 3.45. The molecule has 0 aromatic heterocycles. The number of benzene rings is 1. The van der Waals surface area contributed by atoms with E-state index in [1.165, 1.54) is 19.3 Å². The number of rotatable bonds is 2. The minimum Gasteiger partial charge on any atom is -0.516 e. The molecule has 0 spiro atoms. The van der Waals surface area contributed by atoms with Crippen molar-refractivity contribution in [2.45, 2.75) is 0 Å². The second-order valence-corrected chi connectivity index (χ2v) is 2.25. The molecule has 12 heavy (non-hydrogen) atoms. The van der Waals surface area contributed by atoms with Crippen molar-refractivity contribution < 1.29 is 14.9 Å². The molecular weight excluding hydrogens is 156 g/mol. The van der Waals surface area contributed by atoms with Gasteiger partial charge < -0.3 is 14.9 Å². The third-order valence-corrected chi connectivity index (χ3v) is 1.47. The fourth-order valence-electron chi connectivity index (χ4n) is 0.884. The number of aromatic hydroxyl groups is 1. The van der Waals surface area contributed by atoms with E-state index in [0.717, 1.165) is 11.8 Å². The van der Waals surface area contributed by atoms with Crippen LogP contribution in [0, 0.1) is 0 Å². The van der Waals surface area contributed by atoms with E-state index in [1.54, 1.807) is 12.1 Å².